The zero-order valence-electron chi connectivity index (χ0n) is 13.6. The molecule has 3 aliphatic rings. The number of nitrogens with one attached hydrogen (secondary N) is 2. The number of amides is 1. The average molecular weight is 393 g/mol. The summed E-state index contributed by atoms with van der Waals surface area (Å²) in [6.07, 6.45) is -1.53. The Morgan fingerprint density at radius 2 is 2.15 bits per heavy atom. The number of carbonyl (C=O) groups excluding carboxylic acids is 1. The molecular formula is C11H19N7O7S. The first-order valence-electron chi connectivity index (χ1n) is 7.43. The minimum absolute atomic E-state index is 0.0727. The molecule has 0 aromatic heterocycles. The van der Waals surface area contributed by atoms with Gasteiger partial charge in [-0.25, -0.2) is 14.8 Å². The van der Waals surface area contributed by atoms with E-state index in [0.717, 1.165) is 0 Å². The van der Waals surface area contributed by atoms with Crippen LogP contribution in [0.3, 0.4) is 0 Å². The van der Waals surface area contributed by atoms with Crippen molar-refractivity contribution in [3.05, 3.63) is 0 Å². The largest absolute Gasteiger partial charge is 0.446 e. The van der Waals surface area contributed by atoms with Gasteiger partial charge in [-0.2, -0.15) is 13.1 Å². The molecule has 0 radical (unpaired) electrons. The highest BCUT2D eigenvalue weighted by Crippen LogP contribution is 2.51. The van der Waals surface area contributed by atoms with E-state index >= 15 is 0 Å². The highest BCUT2D eigenvalue weighted by atomic mass is 32.2. The fraction of sp³-hybridized carbons (Fsp3) is 0.727. The normalized spacial score (nSPS) is 34.9. The standard InChI is InChI=1S/C11H19N7O7S/c1-9-5(4-25-8(19)17-26(22,23)24)14-7(13)18-3-2-10(20,21)11(9,18)16-6(12)15-9/h5,20-21H,2-4H2,1H3,(H2,13,14)(H,17,19)(H3,12,15,16)(H,22,23,24)/t5-,9-,11-/m0/s1. The van der Waals surface area contributed by atoms with Crippen molar-refractivity contribution in [1.82, 2.24) is 14.9 Å². The van der Waals surface area contributed by atoms with Crippen LogP contribution in [0, 0.1) is 0 Å². The first kappa shape index (κ1) is 18.4. The lowest BCUT2D eigenvalue weighted by atomic mass is 9.75. The van der Waals surface area contributed by atoms with Crippen LogP contribution in [0.5, 0.6) is 0 Å². The van der Waals surface area contributed by atoms with Gasteiger partial charge < -0.3 is 36.6 Å². The van der Waals surface area contributed by atoms with Crippen molar-refractivity contribution in [3.8, 4) is 0 Å². The Morgan fingerprint density at radius 3 is 2.77 bits per heavy atom. The first-order chi connectivity index (χ1) is 11.8. The van der Waals surface area contributed by atoms with Gasteiger partial charge in [0.05, 0.1) is 0 Å². The van der Waals surface area contributed by atoms with Gasteiger partial charge in [0, 0.05) is 13.0 Å². The lowest BCUT2D eigenvalue weighted by Gasteiger charge is -2.53. The Hall–Kier alpha value is -2.36. The van der Waals surface area contributed by atoms with E-state index in [0.29, 0.717) is 0 Å². The molecule has 0 unspecified atom stereocenters. The van der Waals surface area contributed by atoms with Crippen LogP contribution < -0.4 is 21.5 Å². The van der Waals surface area contributed by atoms with Gasteiger partial charge in [-0.3, -0.25) is 4.55 Å². The topological polar surface area (TPSA) is 225 Å². The van der Waals surface area contributed by atoms with E-state index in [1.165, 1.54) is 9.62 Å². The molecule has 9 N–H and O–H groups in total. The van der Waals surface area contributed by atoms with Crippen LogP contribution in [0.2, 0.25) is 0 Å². The molecule has 3 rings (SSSR count). The average Bonchev–Trinajstić information content (AvgIpc) is 2.89. The number of ether oxygens (including phenoxy) is 1. The molecule has 15 heteroatoms. The van der Waals surface area contributed by atoms with Crippen molar-refractivity contribution in [3.63, 3.8) is 0 Å². The zero-order chi connectivity index (χ0) is 19.5. The third-order valence-electron chi connectivity index (χ3n) is 4.84. The first-order valence-corrected chi connectivity index (χ1v) is 8.87. The van der Waals surface area contributed by atoms with E-state index in [-0.39, 0.29) is 24.9 Å². The van der Waals surface area contributed by atoms with Crippen LogP contribution in [0.4, 0.5) is 4.79 Å². The Bertz CT molecular complexity index is 812. The molecule has 14 nitrogen and oxygen atoms in total. The van der Waals surface area contributed by atoms with E-state index < -0.39 is 46.0 Å². The summed E-state index contributed by atoms with van der Waals surface area (Å²) >= 11 is 0. The summed E-state index contributed by atoms with van der Waals surface area (Å²) in [5.41, 5.74) is 8.62. The number of aliphatic hydroxyl groups is 2. The van der Waals surface area contributed by atoms with E-state index in [1.807, 2.05) is 0 Å². The minimum Gasteiger partial charge on any atom is -0.446 e. The summed E-state index contributed by atoms with van der Waals surface area (Å²) in [5.74, 6) is -2.48. The number of guanidine groups is 2. The van der Waals surface area contributed by atoms with Crippen molar-refractivity contribution in [2.45, 2.75) is 36.4 Å². The fourth-order valence-corrected chi connectivity index (χ4v) is 4.05. The van der Waals surface area contributed by atoms with Crippen LogP contribution in [0.25, 0.3) is 0 Å². The van der Waals surface area contributed by atoms with Crippen molar-refractivity contribution < 1.29 is 32.7 Å². The highest BCUT2D eigenvalue weighted by molar-refractivity contribution is 7.84. The molecule has 0 bridgehead atoms. The maximum atomic E-state index is 11.5. The van der Waals surface area contributed by atoms with E-state index in [2.05, 4.69) is 15.3 Å². The van der Waals surface area contributed by atoms with Crippen LogP contribution in [0.15, 0.2) is 9.98 Å². The Morgan fingerprint density at radius 1 is 1.50 bits per heavy atom. The van der Waals surface area contributed by atoms with Gasteiger partial charge in [-0.05, 0) is 6.92 Å². The number of carbonyl (C=O) groups is 1. The maximum Gasteiger partial charge on any atom is 0.422 e. The quantitative estimate of drug-likeness (QED) is 0.180. The molecule has 0 aromatic rings. The third kappa shape index (κ3) is 2.43. The summed E-state index contributed by atoms with van der Waals surface area (Å²) in [6, 6.07) is -1.01. The van der Waals surface area contributed by atoms with Crippen molar-refractivity contribution in [1.29, 1.82) is 0 Å². The molecule has 1 fully saturated rings. The van der Waals surface area contributed by atoms with E-state index in [1.54, 1.807) is 6.92 Å². The summed E-state index contributed by atoms with van der Waals surface area (Å²) in [6.45, 7) is 1.17. The number of nitrogens with zero attached hydrogens (tertiary/aromatic N) is 3. The molecule has 1 amide bonds. The smallest absolute Gasteiger partial charge is 0.422 e. The molecule has 1 spiro atoms. The predicted molar refractivity (Wildman–Crippen MR) is 85.8 cm³/mol. The monoisotopic (exact) mass is 393 g/mol. The molecule has 146 valence electrons. The van der Waals surface area contributed by atoms with Crippen LogP contribution in [0.1, 0.15) is 13.3 Å². The van der Waals surface area contributed by atoms with Crippen LogP contribution in [-0.4, -0.2) is 82.3 Å². The lowest BCUT2D eigenvalue weighted by molar-refractivity contribution is -0.228. The fourth-order valence-electron chi connectivity index (χ4n) is 3.79. The van der Waals surface area contributed by atoms with Gasteiger partial charge in [-0.15, -0.1) is 0 Å². The Balaban J connectivity index is 1.93. The summed E-state index contributed by atoms with van der Waals surface area (Å²) in [5, 5.41) is 24.0. The lowest BCUT2D eigenvalue weighted by Crippen LogP contribution is -2.78. The number of hydrogen-bond donors (Lipinski definition) is 7. The highest BCUT2D eigenvalue weighted by Gasteiger charge is 2.75. The third-order valence-corrected chi connectivity index (χ3v) is 5.27. The maximum absolute atomic E-state index is 11.5. The second-order valence-electron chi connectivity index (χ2n) is 6.39. The van der Waals surface area contributed by atoms with E-state index in [4.69, 9.17) is 20.8 Å². The zero-order valence-corrected chi connectivity index (χ0v) is 14.4. The van der Waals surface area contributed by atoms with E-state index in [9.17, 15) is 23.4 Å². The number of nitrogens with two attached hydrogens (primary N) is 2. The van der Waals surface area contributed by atoms with Crippen molar-refractivity contribution in [2.75, 3.05) is 13.2 Å². The molecule has 3 aliphatic heterocycles. The summed E-state index contributed by atoms with van der Waals surface area (Å²) < 4.78 is 35.9. The molecule has 26 heavy (non-hydrogen) atoms. The molecule has 0 saturated carbocycles. The van der Waals surface area contributed by atoms with Gasteiger partial charge in [0.25, 0.3) is 0 Å². The van der Waals surface area contributed by atoms with Crippen LogP contribution >= 0.6 is 0 Å². The second kappa shape index (κ2) is 5.32. The minimum atomic E-state index is -4.79. The number of rotatable bonds is 3. The van der Waals surface area contributed by atoms with Gasteiger partial charge in [-0.1, -0.05) is 0 Å². The van der Waals surface area contributed by atoms with Crippen molar-refractivity contribution >= 4 is 28.3 Å². The Kier molecular flexibility index (Phi) is 3.77. The van der Waals surface area contributed by atoms with Gasteiger partial charge >= 0.3 is 16.4 Å². The molecule has 0 aliphatic carbocycles. The molecule has 1 saturated heterocycles. The summed E-state index contributed by atoms with van der Waals surface area (Å²) in [4.78, 5) is 21.2. The molecular weight excluding hydrogens is 374 g/mol. The van der Waals surface area contributed by atoms with Crippen LogP contribution in [-0.2, 0) is 15.0 Å². The molecule has 3 heterocycles. The number of aliphatic imine (C=N–C) groups is 2. The predicted octanol–water partition coefficient (Wildman–Crippen LogP) is -4.03. The van der Waals surface area contributed by atoms with Crippen molar-refractivity contribution in [2.24, 2.45) is 21.5 Å². The summed E-state index contributed by atoms with van der Waals surface area (Å²) in [7, 11) is -4.79. The molecule has 3 atom stereocenters. The van der Waals surface area contributed by atoms with Gasteiger partial charge in [0.1, 0.15) is 18.2 Å². The Labute approximate surface area is 147 Å². The SMILES string of the molecule is C[C@@]12NC(N)=N[C@]13N(CCC3(O)O)C(N)=N[C@H]2COC(=O)NS(=O)(=O)O. The van der Waals surface area contributed by atoms with Gasteiger partial charge in [0.2, 0.25) is 11.4 Å². The second-order valence-corrected chi connectivity index (χ2v) is 7.55. The number of hydrogen-bond acceptors (Lipinski definition) is 12. The van der Waals surface area contributed by atoms with Gasteiger partial charge in [0.15, 0.2) is 11.9 Å². The molecule has 0 aromatic carbocycles.